The van der Waals surface area contributed by atoms with Crippen LogP contribution in [-0.2, 0) is 6.54 Å². The van der Waals surface area contributed by atoms with Gasteiger partial charge in [0.1, 0.15) is 11.5 Å². The summed E-state index contributed by atoms with van der Waals surface area (Å²) >= 11 is 0. The smallest absolute Gasteiger partial charge is 0.387 e. The zero-order chi connectivity index (χ0) is 19.1. The fraction of sp³-hybridized carbons (Fsp3) is 0.316. The number of hydrogen-bond donors (Lipinski definition) is 2. The predicted octanol–water partition coefficient (Wildman–Crippen LogP) is 4.35. The van der Waals surface area contributed by atoms with Gasteiger partial charge in [0.15, 0.2) is 5.96 Å². The Bertz CT molecular complexity index is 764. The molecule has 0 aliphatic rings. The van der Waals surface area contributed by atoms with Gasteiger partial charge in [0, 0.05) is 11.3 Å². The highest BCUT2D eigenvalue weighted by molar-refractivity contribution is 5.92. The summed E-state index contributed by atoms with van der Waals surface area (Å²) in [5.41, 5.74) is 8.35. The van der Waals surface area contributed by atoms with Crippen LogP contribution in [-0.4, -0.2) is 19.7 Å². The van der Waals surface area contributed by atoms with E-state index in [1.807, 2.05) is 24.3 Å². The largest absolute Gasteiger partial charge is 0.497 e. The standard InChI is InChI=1S/C19H23F2N3O2/c1-12(2)13-5-4-6-15(9-13)24-19(22)23-11-14-10-16(25-3)7-8-17(14)26-18(20)21/h4-10,12,18H,11H2,1-3H3,(H3,22,23,24). The maximum atomic E-state index is 12.5. The third kappa shape index (κ3) is 5.61. The first-order valence-corrected chi connectivity index (χ1v) is 8.17. The van der Waals surface area contributed by atoms with E-state index in [4.69, 9.17) is 10.5 Å². The van der Waals surface area contributed by atoms with E-state index >= 15 is 0 Å². The first-order valence-electron chi connectivity index (χ1n) is 8.17. The van der Waals surface area contributed by atoms with Gasteiger partial charge < -0.3 is 20.5 Å². The zero-order valence-corrected chi connectivity index (χ0v) is 15.0. The van der Waals surface area contributed by atoms with E-state index in [0.29, 0.717) is 17.2 Å². The van der Waals surface area contributed by atoms with Crippen molar-refractivity contribution in [1.82, 2.24) is 0 Å². The fourth-order valence-corrected chi connectivity index (χ4v) is 2.35. The molecule has 0 amide bonds. The van der Waals surface area contributed by atoms with E-state index in [9.17, 15) is 8.78 Å². The minimum absolute atomic E-state index is 0.0409. The molecular formula is C19H23F2N3O2. The number of alkyl halides is 2. The van der Waals surface area contributed by atoms with Crippen LogP contribution in [0.4, 0.5) is 14.5 Å². The maximum absolute atomic E-state index is 12.5. The summed E-state index contributed by atoms with van der Waals surface area (Å²) in [6.07, 6.45) is 0. The Morgan fingerprint density at radius 2 is 1.96 bits per heavy atom. The Balaban J connectivity index is 2.13. The van der Waals surface area contributed by atoms with Crippen molar-refractivity contribution in [1.29, 1.82) is 0 Å². The summed E-state index contributed by atoms with van der Waals surface area (Å²) in [7, 11) is 1.49. The number of nitrogens with zero attached hydrogens (tertiary/aromatic N) is 1. The topological polar surface area (TPSA) is 68.9 Å². The predicted molar refractivity (Wildman–Crippen MR) is 99.1 cm³/mol. The highest BCUT2D eigenvalue weighted by atomic mass is 19.3. The molecule has 0 aliphatic carbocycles. The second-order valence-electron chi connectivity index (χ2n) is 5.96. The average Bonchev–Trinajstić information content (AvgIpc) is 2.60. The molecule has 0 saturated heterocycles. The summed E-state index contributed by atoms with van der Waals surface area (Å²) < 4.78 is 34.7. The lowest BCUT2D eigenvalue weighted by molar-refractivity contribution is -0.0504. The molecule has 0 atom stereocenters. The molecular weight excluding hydrogens is 340 g/mol. The number of benzene rings is 2. The van der Waals surface area contributed by atoms with Crippen LogP contribution in [0.5, 0.6) is 11.5 Å². The van der Waals surface area contributed by atoms with E-state index in [1.165, 1.54) is 18.7 Å². The van der Waals surface area contributed by atoms with Crippen molar-refractivity contribution in [2.24, 2.45) is 10.7 Å². The monoisotopic (exact) mass is 363 g/mol. The van der Waals surface area contributed by atoms with Crippen LogP contribution in [0.2, 0.25) is 0 Å². The number of rotatable bonds is 7. The molecule has 5 nitrogen and oxygen atoms in total. The maximum Gasteiger partial charge on any atom is 0.387 e. The van der Waals surface area contributed by atoms with E-state index in [2.05, 4.69) is 28.9 Å². The van der Waals surface area contributed by atoms with Crippen molar-refractivity contribution < 1.29 is 18.3 Å². The highest BCUT2D eigenvalue weighted by Gasteiger charge is 2.11. The van der Waals surface area contributed by atoms with E-state index < -0.39 is 6.61 Å². The van der Waals surface area contributed by atoms with Crippen molar-refractivity contribution in [3.8, 4) is 11.5 Å². The van der Waals surface area contributed by atoms with Crippen LogP contribution in [0.3, 0.4) is 0 Å². The lowest BCUT2D eigenvalue weighted by atomic mass is 10.0. The number of methoxy groups -OCH3 is 1. The van der Waals surface area contributed by atoms with Gasteiger partial charge in [-0.25, -0.2) is 4.99 Å². The molecule has 2 rings (SSSR count). The molecule has 3 N–H and O–H groups in total. The minimum atomic E-state index is -2.92. The molecule has 0 unspecified atom stereocenters. The highest BCUT2D eigenvalue weighted by Crippen LogP contribution is 2.26. The summed E-state index contributed by atoms with van der Waals surface area (Å²) in [5.74, 6) is 1.13. The first kappa shape index (κ1) is 19.5. The van der Waals surface area contributed by atoms with Crippen molar-refractivity contribution in [2.45, 2.75) is 32.9 Å². The molecule has 0 bridgehead atoms. The van der Waals surface area contributed by atoms with Gasteiger partial charge in [0.25, 0.3) is 0 Å². The number of halogens is 2. The van der Waals surface area contributed by atoms with E-state index in [0.717, 1.165) is 5.69 Å². The van der Waals surface area contributed by atoms with Gasteiger partial charge in [-0.1, -0.05) is 26.0 Å². The number of ether oxygens (including phenoxy) is 2. The normalized spacial score (nSPS) is 11.7. The SMILES string of the molecule is COc1ccc(OC(F)F)c(CN=C(N)Nc2cccc(C(C)C)c2)c1. The average molecular weight is 363 g/mol. The third-order valence-electron chi connectivity index (χ3n) is 3.73. The second kappa shape index (κ2) is 9.03. The first-order chi connectivity index (χ1) is 12.4. The summed E-state index contributed by atoms with van der Waals surface area (Å²) in [6, 6.07) is 12.4. The summed E-state index contributed by atoms with van der Waals surface area (Å²) in [6.45, 7) is 1.36. The van der Waals surface area contributed by atoms with Crippen LogP contribution in [0.25, 0.3) is 0 Å². The fourth-order valence-electron chi connectivity index (χ4n) is 2.35. The van der Waals surface area contributed by atoms with Gasteiger partial charge in [-0.15, -0.1) is 0 Å². The Kier molecular flexibility index (Phi) is 6.77. The Morgan fingerprint density at radius 1 is 1.19 bits per heavy atom. The Morgan fingerprint density at radius 3 is 2.62 bits per heavy atom. The second-order valence-corrected chi connectivity index (χ2v) is 5.96. The van der Waals surface area contributed by atoms with Gasteiger partial charge in [-0.3, -0.25) is 0 Å². The molecule has 140 valence electrons. The Hall–Kier alpha value is -2.83. The molecule has 7 heteroatoms. The zero-order valence-electron chi connectivity index (χ0n) is 15.0. The van der Waals surface area contributed by atoms with Crippen molar-refractivity contribution in [3.63, 3.8) is 0 Å². The van der Waals surface area contributed by atoms with Gasteiger partial charge in [0.05, 0.1) is 13.7 Å². The van der Waals surface area contributed by atoms with Crippen molar-refractivity contribution >= 4 is 11.6 Å². The lowest BCUT2D eigenvalue weighted by Gasteiger charge is -2.12. The van der Waals surface area contributed by atoms with Gasteiger partial charge in [-0.2, -0.15) is 8.78 Å². The summed E-state index contributed by atoms with van der Waals surface area (Å²) in [5, 5.41) is 3.00. The van der Waals surface area contributed by atoms with E-state index in [1.54, 1.807) is 12.1 Å². The molecule has 0 heterocycles. The van der Waals surface area contributed by atoms with Crippen LogP contribution >= 0.6 is 0 Å². The van der Waals surface area contributed by atoms with Crippen LogP contribution < -0.4 is 20.5 Å². The van der Waals surface area contributed by atoms with Crippen molar-refractivity contribution in [3.05, 3.63) is 53.6 Å². The Labute approximate surface area is 151 Å². The molecule has 26 heavy (non-hydrogen) atoms. The number of hydrogen-bond acceptors (Lipinski definition) is 3. The number of guanidine groups is 1. The van der Waals surface area contributed by atoms with Crippen LogP contribution in [0.15, 0.2) is 47.5 Å². The molecule has 0 spiro atoms. The van der Waals surface area contributed by atoms with Gasteiger partial charge in [-0.05, 0) is 41.8 Å². The number of nitrogens with two attached hydrogens (primary N) is 1. The quantitative estimate of drug-likeness (QED) is 0.567. The number of anilines is 1. The molecule has 0 aromatic heterocycles. The molecule has 0 aliphatic heterocycles. The van der Waals surface area contributed by atoms with Gasteiger partial charge >= 0.3 is 6.61 Å². The van der Waals surface area contributed by atoms with E-state index in [-0.39, 0.29) is 18.3 Å². The summed E-state index contributed by atoms with van der Waals surface area (Å²) in [4.78, 5) is 4.21. The van der Waals surface area contributed by atoms with Gasteiger partial charge in [0.2, 0.25) is 0 Å². The molecule has 2 aromatic carbocycles. The number of aliphatic imine (C=N–C) groups is 1. The molecule has 2 aromatic rings. The lowest BCUT2D eigenvalue weighted by Crippen LogP contribution is -2.22. The number of nitrogens with one attached hydrogen (secondary N) is 1. The third-order valence-corrected chi connectivity index (χ3v) is 3.73. The molecule has 0 radical (unpaired) electrons. The molecule has 0 fully saturated rings. The van der Waals surface area contributed by atoms with Crippen LogP contribution in [0, 0.1) is 0 Å². The van der Waals surface area contributed by atoms with Crippen LogP contribution in [0.1, 0.15) is 30.9 Å². The van der Waals surface area contributed by atoms with Crippen molar-refractivity contribution in [2.75, 3.05) is 12.4 Å². The molecule has 0 saturated carbocycles. The minimum Gasteiger partial charge on any atom is -0.497 e.